The minimum Gasteiger partial charge on any atom is -0.456 e. The second kappa shape index (κ2) is 12.2. The monoisotopic (exact) mass is 552 g/mol. The average Bonchev–Trinajstić information content (AvgIpc) is 2.97. The van der Waals surface area contributed by atoms with Crippen LogP contribution in [0.4, 0.5) is 32.3 Å². The molecule has 10 heteroatoms. The number of nitrogens with zero attached hydrogens (tertiary/aromatic N) is 6. The standard InChI is InChI=1S/C31H32N6O4/c1-31(2,3)41-28(38)23-16-26(36(6)29(39)34(4)24-12-8-21(19-32)9-13-24)18-27(17-23)37(7)30(40)35(5)25-14-10-22(20-33)11-15-25/h8-18H,1-7H3. The number of carbonyl (C=O) groups excluding carboxylic acids is 3. The molecule has 0 aliphatic rings. The van der Waals surface area contributed by atoms with Crippen LogP contribution in [-0.2, 0) is 4.74 Å². The molecule has 0 atom stereocenters. The first kappa shape index (κ1) is 30.2. The van der Waals surface area contributed by atoms with E-state index in [4.69, 9.17) is 15.3 Å². The van der Waals surface area contributed by atoms with Gasteiger partial charge in [-0.3, -0.25) is 19.6 Å². The van der Waals surface area contributed by atoms with E-state index in [0.29, 0.717) is 33.9 Å². The van der Waals surface area contributed by atoms with Crippen molar-refractivity contribution in [3.05, 3.63) is 83.4 Å². The van der Waals surface area contributed by atoms with Gasteiger partial charge in [-0.2, -0.15) is 10.5 Å². The molecule has 41 heavy (non-hydrogen) atoms. The zero-order valence-electron chi connectivity index (χ0n) is 24.2. The van der Waals surface area contributed by atoms with Crippen LogP contribution in [0.15, 0.2) is 66.7 Å². The lowest BCUT2D eigenvalue weighted by Gasteiger charge is -2.29. The van der Waals surface area contributed by atoms with Gasteiger partial charge in [0.2, 0.25) is 0 Å². The van der Waals surface area contributed by atoms with Crippen LogP contribution < -0.4 is 19.6 Å². The van der Waals surface area contributed by atoms with Crippen molar-refractivity contribution >= 4 is 40.8 Å². The number of ether oxygens (including phenoxy) is 1. The number of urea groups is 2. The van der Waals surface area contributed by atoms with E-state index in [1.54, 1.807) is 104 Å². The second-order valence-electron chi connectivity index (χ2n) is 10.4. The summed E-state index contributed by atoms with van der Waals surface area (Å²) >= 11 is 0. The molecule has 3 aromatic carbocycles. The van der Waals surface area contributed by atoms with Gasteiger partial charge in [-0.05, 0) is 87.5 Å². The summed E-state index contributed by atoms with van der Waals surface area (Å²) < 4.78 is 5.57. The fourth-order valence-corrected chi connectivity index (χ4v) is 3.85. The van der Waals surface area contributed by atoms with Gasteiger partial charge in [-0.15, -0.1) is 0 Å². The first-order chi connectivity index (χ1) is 19.2. The number of anilines is 4. The van der Waals surface area contributed by atoms with Crippen molar-refractivity contribution in [2.75, 3.05) is 47.8 Å². The summed E-state index contributed by atoms with van der Waals surface area (Å²) in [6.45, 7) is 5.25. The molecule has 210 valence electrons. The van der Waals surface area contributed by atoms with Gasteiger partial charge in [-0.1, -0.05) is 0 Å². The number of nitriles is 2. The Morgan fingerprint density at radius 1 is 0.610 bits per heavy atom. The summed E-state index contributed by atoms with van der Waals surface area (Å²) in [5.74, 6) is -0.608. The highest BCUT2D eigenvalue weighted by atomic mass is 16.6. The van der Waals surface area contributed by atoms with Crippen molar-refractivity contribution in [2.45, 2.75) is 26.4 Å². The van der Waals surface area contributed by atoms with Crippen molar-refractivity contribution in [1.29, 1.82) is 10.5 Å². The fraction of sp³-hybridized carbons (Fsp3) is 0.258. The highest BCUT2D eigenvalue weighted by molar-refractivity contribution is 6.06. The molecule has 10 nitrogen and oxygen atoms in total. The third-order valence-corrected chi connectivity index (χ3v) is 6.23. The lowest BCUT2D eigenvalue weighted by molar-refractivity contribution is 0.00694. The topological polar surface area (TPSA) is 121 Å². The molecule has 0 fully saturated rings. The van der Waals surface area contributed by atoms with E-state index >= 15 is 0 Å². The molecule has 3 aromatic rings. The Morgan fingerprint density at radius 2 is 0.951 bits per heavy atom. The maximum atomic E-state index is 13.4. The summed E-state index contributed by atoms with van der Waals surface area (Å²) in [7, 11) is 6.32. The number of carbonyl (C=O) groups is 3. The molecule has 0 N–H and O–H groups in total. The first-order valence-electron chi connectivity index (χ1n) is 12.7. The molecular weight excluding hydrogens is 520 g/mol. The predicted molar refractivity (Wildman–Crippen MR) is 158 cm³/mol. The highest BCUT2D eigenvalue weighted by Crippen LogP contribution is 2.28. The Labute approximate surface area is 240 Å². The average molecular weight is 553 g/mol. The Morgan fingerprint density at radius 3 is 1.27 bits per heavy atom. The van der Waals surface area contributed by atoms with Crippen LogP contribution >= 0.6 is 0 Å². The van der Waals surface area contributed by atoms with E-state index in [1.807, 2.05) is 12.1 Å². The summed E-state index contributed by atoms with van der Waals surface area (Å²) in [5, 5.41) is 18.1. The van der Waals surface area contributed by atoms with Crippen molar-refractivity contribution in [2.24, 2.45) is 0 Å². The zero-order valence-corrected chi connectivity index (χ0v) is 24.2. The van der Waals surface area contributed by atoms with E-state index < -0.39 is 23.6 Å². The van der Waals surface area contributed by atoms with Gasteiger partial charge in [0.25, 0.3) is 0 Å². The number of benzene rings is 3. The largest absolute Gasteiger partial charge is 0.456 e. The van der Waals surface area contributed by atoms with Gasteiger partial charge in [0.1, 0.15) is 5.60 Å². The molecular formula is C31H32N6O4. The van der Waals surface area contributed by atoms with Crippen LogP contribution in [0.25, 0.3) is 0 Å². The molecule has 0 aliphatic carbocycles. The molecule has 0 saturated carbocycles. The van der Waals surface area contributed by atoms with Crippen molar-refractivity contribution in [3.63, 3.8) is 0 Å². The van der Waals surface area contributed by atoms with Crippen LogP contribution in [-0.4, -0.2) is 51.8 Å². The Hall–Kier alpha value is -5.35. The lowest BCUT2D eigenvalue weighted by atomic mass is 10.1. The molecule has 0 radical (unpaired) electrons. The van der Waals surface area contributed by atoms with Crippen LogP contribution in [0.1, 0.15) is 42.3 Å². The highest BCUT2D eigenvalue weighted by Gasteiger charge is 2.25. The van der Waals surface area contributed by atoms with Gasteiger partial charge in [0.15, 0.2) is 0 Å². The van der Waals surface area contributed by atoms with Gasteiger partial charge in [0.05, 0.1) is 28.8 Å². The maximum Gasteiger partial charge on any atom is 0.338 e. The molecule has 0 heterocycles. The normalized spacial score (nSPS) is 10.6. The molecule has 0 bridgehead atoms. The Kier molecular flexibility index (Phi) is 9.00. The number of hydrogen-bond donors (Lipinski definition) is 0. The lowest BCUT2D eigenvalue weighted by Crippen LogP contribution is -2.40. The van der Waals surface area contributed by atoms with Gasteiger partial charge < -0.3 is 4.74 Å². The summed E-state index contributed by atoms with van der Waals surface area (Å²) in [6, 6.07) is 21.1. The molecule has 3 rings (SSSR count). The van der Waals surface area contributed by atoms with Crippen LogP contribution in [0.5, 0.6) is 0 Å². The minimum absolute atomic E-state index is 0.161. The van der Waals surface area contributed by atoms with E-state index in [-0.39, 0.29) is 5.56 Å². The van der Waals surface area contributed by atoms with Gasteiger partial charge in [0, 0.05) is 50.9 Å². The first-order valence-corrected chi connectivity index (χ1v) is 12.7. The Balaban J connectivity index is 1.99. The van der Waals surface area contributed by atoms with E-state index in [9.17, 15) is 14.4 Å². The molecule has 0 aliphatic heterocycles. The van der Waals surface area contributed by atoms with E-state index in [0.717, 1.165) is 0 Å². The quantitative estimate of drug-likeness (QED) is 0.371. The predicted octanol–water partition coefficient (Wildman–Crippen LogP) is 5.77. The summed E-state index contributed by atoms with van der Waals surface area (Å²) in [5.41, 5.74) is 2.19. The number of esters is 1. The molecule has 4 amide bonds. The van der Waals surface area contributed by atoms with Crippen molar-refractivity contribution < 1.29 is 19.1 Å². The smallest absolute Gasteiger partial charge is 0.338 e. The van der Waals surface area contributed by atoms with Crippen LogP contribution in [0, 0.1) is 22.7 Å². The minimum atomic E-state index is -0.762. The number of amides is 4. The third-order valence-electron chi connectivity index (χ3n) is 6.23. The SMILES string of the molecule is CN(C(=O)N(C)c1cc(C(=O)OC(C)(C)C)cc(N(C)C(=O)N(C)c2ccc(C#N)cc2)c1)c1ccc(C#N)cc1. The van der Waals surface area contributed by atoms with Crippen molar-refractivity contribution in [1.82, 2.24) is 0 Å². The summed E-state index contributed by atoms with van der Waals surface area (Å²) in [4.78, 5) is 45.5. The van der Waals surface area contributed by atoms with E-state index in [2.05, 4.69) is 0 Å². The summed E-state index contributed by atoms with van der Waals surface area (Å²) in [6.07, 6.45) is 0. The maximum absolute atomic E-state index is 13.4. The van der Waals surface area contributed by atoms with Gasteiger partial charge >= 0.3 is 18.0 Å². The van der Waals surface area contributed by atoms with E-state index in [1.165, 1.54) is 31.7 Å². The Bertz CT molecular complexity index is 1430. The molecule has 0 unspecified atom stereocenters. The zero-order chi connectivity index (χ0) is 30.5. The second-order valence-corrected chi connectivity index (χ2v) is 10.4. The third kappa shape index (κ3) is 7.20. The van der Waals surface area contributed by atoms with Crippen molar-refractivity contribution in [3.8, 4) is 12.1 Å². The number of hydrogen-bond acceptors (Lipinski definition) is 6. The molecule has 0 aromatic heterocycles. The number of rotatable bonds is 5. The van der Waals surface area contributed by atoms with Gasteiger partial charge in [-0.25, -0.2) is 14.4 Å². The molecule has 0 saturated heterocycles. The van der Waals surface area contributed by atoms with Crippen LogP contribution in [0.3, 0.4) is 0 Å². The van der Waals surface area contributed by atoms with Crippen LogP contribution in [0.2, 0.25) is 0 Å². The molecule has 0 spiro atoms. The fourth-order valence-electron chi connectivity index (χ4n) is 3.85.